The number of thiazole rings is 1. The van der Waals surface area contributed by atoms with Crippen LogP contribution in [-0.2, 0) is 6.54 Å². The number of hydrogen-bond acceptors (Lipinski definition) is 4. The predicted octanol–water partition coefficient (Wildman–Crippen LogP) is 4.44. The van der Waals surface area contributed by atoms with E-state index in [1.54, 1.807) is 6.08 Å². The quantitative estimate of drug-likeness (QED) is 0.460. The molecule has 7 heteroatoms. The molecule has 2 N–H and O–H groups in total. The zero-order chi connectivity index (χ0) is 19.8. The number of hydrogen-bond donors (Lipinski definition) is 2. The number of para-hydroxylation sites is 1. The maximum absolute atomic E-state index is 12.1. The van der Waals surface area contributed by atoms with Crippen molar-refractivity contribution in [2.24, 2.45) is 5.10 Å². The summed E-state index contributed by atoms with van der Waals surface area (Å²) in [4.78, 5) is 12.7. The highest BCUT2D eigenvalue weighted by Gasteiger charge is 2.08. The van der Waals surface area contributed by atoms with Gasteiger partial charge in [0.15, 0.2) is 0 Å². The van der Waals surface area contributed by atoms with Crippen LogP contribution in [0.15, 0.2) is 77.7 Å². The number of allylic oxidation sites excluding steroid dienone is 1. The highest BCUT2D eigenvalue weighted by molar-refractivity contribution is 7.07. The van der Waals surface area contributed by atoms with E-state index >= 15 is 0 Å². The predicted molar refractivity (Wildman–Crippen MR) is 113 cm³/mol. The van der Waals surface area contributed by atoms with Gasteiger partial charge in [0, 0.05) is 17.6 Å². The van der Waals surface area contributed by atoms with Crippen molar-refractivity contribution in [1.82, 2.24) is 9.99 Å². The van der Waals surface area contributed by atoms with Gasteiger partial charge in [0.25, 0.3) is 0 Å². The van der Waals surface area contributed by atoms with E-state index < -0.39 is 6.03 Å². The molecule has 144 valence electrons. The normalized spacial score (nSPS) is 11.1. The number of amides is 2. The SMILES string of the molecule is C=CCn1c(-c2ccc(OCC)cc2)cs/c1=N/NC(=O)Nc1ccccc1. The molecule has 0 aliphatic carbocycles. The lowest BCUT2D eigenvalue weighted by Crippen LogP contribution is -2.28. The second-order valence-corrected chi connectivity index (χ2v) is 6.64. The molecule has 2 amide bonds. The Morgan fingerprint density at radius 3 is 2.64 bits per heavy atom. The highest BCUT2D eigenvalue weighted by atomic mass is 32.1. The van der Waals surface area contributed by atoms with E-state index in [1.807, 2.05) is 71.5 Å². The summed E-state index contributed by atoms with van der Waals surface area (Å²) in [5, 5.41) is 9.01. The third-order valence-electron chi connectivity index (χ3n) is 3.86. The van der Waals surface area contributed by atoms with Crippen molar-refractivity contribution in [3.8, 4) is 17.0 Å². The number of carbonyl (C=O) groups excluding carboxylic acids is 1. The van der Waals surface area contributed by atoms with E-state index in [1.165, 1.54) is 11.3 Å². The molecule has 6 nitrogen and oxygen atoms in total. The van der Waals surface area contributed by atoms with Gasteiger partial charge in [-0.15, -0.1) is 23.0 Å². The zero-order valence-corrected chi connectivity index (χ0v) is 16.4. The van der Waals surface area contributed by atoms with Crippen molar-refractivity contribution in [1.29, 1.82) is 0 Å². The van der Waals surface area contributed by atoms with Crippen molar-refractivity contribution in [3.63, 3.8) is 0 Å². The minimum Gasteiger partial charge on any atom is -0.494 e. The minimum atomic E-state index is -0.396. The summed E-state index contributed by atoms with van der Waals surface area (Å²) in [6.45, 7) is 6.99. The molecule has 0 bridgehead atoms. The molecule has 0 atom stereocenters. The summed E-state index contributed by atoms with van der Waals surface area (Å²) in [6, 6.07) is 16.7. The van der Waals surface area contributed by atoms with Gasteiger partial charge in [-0.2, -0.15) is 0 Å². The minimum absolute atomic E-state index is 0.396. The Morgan fingerprint density at radius 2 is 1.96 bits per heavy atom. The van der Waals surface area contributed by atoms with Gasteiger partial charge in [-0.1, -0.05) is 24.3 Å². The molecule has 0 unspecified atom stereocenters. The summed E-state index contributed by atoms with van der Waals surface area (Å²) in [6.07, 6.45) is 1.80. The van der Waals surface area contributed by atoms with Gasteiger partial charge in [-0.25, -0.2) is 10.2 Å². The van der Waals surface area contributed by atoms with Gasteiger partial charge in [0.2, 0.25) is 4.80 Å². The fourth-order valence-corrected chi connectivity index (χ4v) is 3.50. The Bertz CT molecular complexity index is 991. The smallest absolute Gasteiger partial charge is 0.339 e. The average molecular weight is 395 g/mol. The van der Waals surface area contributed by atoms with E-state index in [0.29, 0.717) is 23.6 Å². The highest BCUT2D eigenvalue weighted by Crippen LogP contribution is 2.23. The third kappa shape index (κ3) is 4.89. The number of urea groups is 1. The van der Waals surface area contributed by atoms with Crippen LogP contribution in [0.2, 0.25) is 0 Å². The first-order valence-electron chi connectivity index (χ1n) is 8.89. The molecule has 0 spiro atoms. The number of aromatic nitrogens is 1. The van der Waals surface area contributed by atoms with Gasteiger partial charge in [-0.05, 0) is 48.9 Å². The lowest BCUT2D eigenvalue weighted by molar-refractivity contribution is 0.252. The van der Waals surface area contributed by atoms with Crippen LogP contribution in [-0.4, -0.2) is 17.2 Å². The van der Waals surface area contributed by atoms with E-state index in [0.717, 1.165) is 17.0 Å². The molecule has 0 saturated heterocycles. The Balaban J connectivity index is 1.80. The molecule has 28 heavy (non-hydrogen) atoms. The molecule has 1 aromatic heterocycles. The standard InChI is InChI=1S/C21H22N4O2S/c1-3-14-25-19(16-10-12-18(13-11-16)27-4-2)15-28-21(25)24-23-20(26)22-17-8-6-5-7-9-17/h3,5-13,15H,1,4,14H2,2H3,(H2,22,23,26)/b24-21+. The first kappa shape index (κ1) is 19.4. The number of rotatable bonds is 7. The third-order valence-corrected chi connectivity index (χ3v) is 4.72. The van der Waals surface area contributed by atoms with E-state index in [9.17, 15) is 4.79 Å². The van der Waals surface area contributed by atoms with Crippen LogP contribution in [0.4, 0.5) is 10.5 Å². The summed E-state index contributed by atoms with van der Waals surface area (Å²) in [7, 11) is 0. The molecule has 3 rings (SSSR count). The maximum atomic E-state index is 12.1. The van der Waals surface area contributed by atoms with Crippen LogP contribution < -0.4 is 20.3 Å². The van der Waals surface area contributed by atoms with Crippen LogP contribution in [0.5, 0.6) is 5.75 Å². The van der Waals surface area contributed by atoms with Crippen LogP contribution in [0.25, 0.3) is 11.3 Å². The van der Waals surface area contributed by atoms with E-state index in [-0.39, 0.29) is 0 Å². The molecule has 0 aliphatic heterocycles. The fourth-order valence-electron chi connectivity index (χ4n) is 2.62. The van der Waals surface area contributed by atoms with Crippen molar-refractivity contribution >= 4 is 23.1 Å². The number of benzene rings is 2. The molecule has 0 saturated carbocycles. The van der Waals surface area contributed by atoms with E-state index in [2.05, 4.69) is 22.4 Å². The van der Waals surface area contributed by atoms with Gasteiger partial charge >= 0.3 is 6.03 Å². The molecule has 1 heterocycles. The molecule has 0 aliphatic rings. The monoisotopic (exact) mass is 394 g/mol. The van der Waals surface area contributed by atoms with Gasteiger partial charge in [0.1, 0.15) is 5.75 Å². The number of anilines is 1. The Labute approximate surface area is 167 Å². The number of nitrogens with zero attached hydrogens (tertiary/aromatic N) is 2. The molecular formula is C21H22N4O2S. The number of ether oxygens (including phenoxy) is 1. The largest absolute Gasteiger partial charge is 0.494 e. The number of nitrogens with one attached hydrogen (secondary N) is 2. The van der Waals surface area contributed by atoms with Crippen LogP contribution >= 0.6 is 11.3 Å². The number of carbonyl (C=O) groups is 1. The summed E-state index contributed by atoms with van der Waals surface area (Å²) in [5.74, 6) is 0.834. The van der Waals surface area contributed by atoms with Crippen molar-refractivity contribution in [2.45, 2.75) is 13.5 Å². The second-order valence-electron chi connectivity index (χ2n) is 5.80. The summed E-state index contributed by atoms with van der Waals surface area (Å²) in [5.41, 5.74) is 5.29. The van der Waals surface area contributed by atoms with Gasteiger partial charge < -0.3 is 14.6 Å². The van der Waals surface area contributed by atoms with Crippen LogP contribution in [0.1, 0.15) is 6.92 Å². The molecular weight excluding hydrogens is 372 g/mol. The average Bonchev–Trinajstić information content (AvgIpc) is 3.11. The first-order chi connectivity index (χ1) is 13.7. The van der Waals surface area contributed by atoms with Gasteiger partial charge in [0.05, 0.1) is 12.3 Å². The molecule has 0 radical (unpaired) electrons. The lowest BCUT2D eigenvalue weighted by Gasteiger charge is -2.08. The lowest BCUT2D eigenvalue weighted by atomic mass is 10.1. The molecule has 0 fully saturated rings. The maximum Gasteiger partial charge on any atom is 0.339 e. The fraction of sp³-hybridized carbons (Fsp3) is 0.143. The Morgan fingerprint density at radius 1 is 1.21 bits per heavy atom. The van der Waals surface area contributed by atoms with E-state index in [4.69, 9.17) is 4.74 Å². The summed E-state index contributed by atoms with van der Waals surface area (Å²) >= 11 is 1.45. The van der Waals surface area contributed by atoms with Crippen molar-refractivity contribution in [3.05, 3.63) is 77.4 Å². The van der Waals surface area contributed by atoms with Crippen LogP contribution in [0, 0.1) is 0 Å². The topological polar surface area (TPSA) is 67.6 Å². The van der Waals surface area contributed by atoms with Crippen molar-refractivity contribution < 1.29 is 9.53 Å². The summed E-state index contributed by atoms with van der Waals surface area (Å²) < 4.78 is 7.50. The second kappa shape index (κ2) is 9.57. The molecule has 2 aromatic carbocycles. The van der Waals surface area contributed by atoms with Crippen LogP contribution in [0.3, 0.4) is 0 Å². The zero-order valence-electron chi connectivity index (χ0n) is 15.6. The Kier molecular flexibility index (Phi) is 6.64. The van der Waals surface area contributed by atoms with Gasteiger partial charge in [-0.3, -0.25) is 0 Å². The Hall–Kier alpha value is -3.32. The molecule has 3 aromatic rings. The first-order valence-corrected chi connectivity index (χ1v) is 9.77. The van der Waals surface area contributed by atoms with Crippen molar-refractivity contribution in [2.75, 3.05) is 11.9 Å².